The molecule has 112 valence electrons. The second kappa shape index (κ2) is 7.22. The van der Waals surface area contributed by atoms with Crippen LogP contribution in [-0.4, -0.2) is 41.3 Å². The summed E-state index contributed by atoms with van der Waals surface area (Å²) in [5.41, 5.74) is 0.826. The van der Waals surface area contributed by atoms with Crippen LogP contribution in [0.25, 0.3) is 0 Å². The van der Waals surface area contributed by atoms with Gasteiger partial charge in [0.2, 0.25) is 0 Å². The molecule has 1 rings (SSSR count). The number of benzene rings is 1. The van der Waals surface area contributed by atoms with Crippen LogP contribution in [0.2, 0.25) is 0 Å². The van der Waals surface area contributed by atoms with Gasteiger partial charge in [-0.15, -0.1) is 0 Å². The van der Waals surface area contributed by atoms with Gasteiger partial charge in [0.25, 0.3) is 10.1 Å². The van der Waals surface area contributed by atoms with E-state index < -0.39 is 22.0 Å². The number of rotatable bonds is 6. The number of carbonyl (C=O) groups is 1. The third kappa shape index (κ3) is 5.55. The summed E-state index contributed by atoms with van der Waals surface area (Å²) in [6, 6.07) is 8.44. The zero-order valence-corrected chi connectivity index (χ0v) is 12.1. The van der Waals surface area contributed by atoms with Crippen LogP contribution in [0, 0.1) is 0 Å². The summed E-state index contributed by atoms with van der Waals surface area (Å²) in [6.07, 6.45) is 0.556. The van der Waals surface area contributed by atoms with Crippen molar-refractivity contribution in [3.05, 3.63) is 35.9 Å². The van der Waals surface area contributed by atoms with Gasteiger partial charge < -0.3 is 4.90 Å². The SMILES string of the molecule is CCCN(CS(=O)(=O)O)C(=O)N(N)Cc1ccccc1. The van der Waals surface area contributed by atoms with Gasteiger partial charge in [-0.3, -0.25) is 9.56 Å². The number of hydrogen-bond donors (Lipinski definition) is 2. The predicted octanol–water partition coefficient (Wildman–Crippen LogP) is 1.04. The maximum Gasteiger partial charge on any atom is 0.335 e. The molecule has 0 aliphatic carbocycles. The average Bonchev–Trinajstić information content (AvgIpc) is 2.37. The molecule has 0 atom stereocenters. The summed E-state index contributed by atoms with van der Waals surface area (Å²) in [5, 5.41) is 0.927. The first-order valence-electron chi connectivity index (χ1n) is 6.13. The Labute approximate surface area is 118 Å². The molecule has 0 aliphatic rings. The van der Waals surface area contributed by atoms with Gasteiger partial charge in [0.1, 0.15) is 5.88 Å². The molecule has 0 radical (unpaired) electrons. The van der Waals surface area contributed by atoms with Crippen LogP contribution in [0.5, 0.6) is 0 Å². The van der Waals surface area contributed by atoms with E-state index in [9.17, 15) is 13.2 Å². The van der Waals surface area contributed by atoms with E-state index in [1.807, 2.05) is 18.2 Å². The largest absolute Gasteiger partial charge is 0.335 e. The number of carbonyl (C=O) groups excluding carboxylic acids is 1. The van der Waals surface area contributed by atoms with Gasteiger partial charge in [-0.05, 0) is 12.0 Å². The van der Waals surface area contributed by atoms with Crippen molar-refractivity contribution in [1.29, 1.82) is 0 Å². The molecule has 8 heteroatoms. The quantitative estimate of drug-likeness (QED) is 0.353. The molecule has 3 N–H and O–H groups in total. The fourth-order valence-electron chi connectivity index (χ4n) is 1.71. The lowest BCUT2D eigenvalue weighted by Gasteiger charge is -2.26. The molecule has 0 aliphatic heterocycles. The topological polar surface area (TPSA) is 104 Å². The van der Waals surface area contributed by atoms with Gasteiger partial charge >= 0.3 is 6.03 Å². The average molecular weight is 301 g/mol. The molecule has 0 saturated heterocycles. The monoisotopic (exact) mass is 301 g/mol. The molecule has 0 aromatic heterocycles. The Morgan fingerprint density at radius 1 is 1.30 bits per heavy atom. The number of hydrazine groups is 1. The minimum absolute atomic E-state index is 0.158. The maximum absolute atomic E-state index is 12.1. The van der Waals surface area contributed by atoms with E-state index in [0.29, 0.717) is 6.42 Å². The highest BCUT2D eigenvalue weighted by Crippen LogP contribution is 2.06. The summed E-state index contributed by atoms with van der Waals surface area (Å²) >= 11 is 0. The highest BCUT2D eigenvalue weighted by Gasteiger charge is 2.22. The second-order valence-electron chi connectivity index (χ2n) is 4.37. The van der Waals surface area contributed by atoms with Crippen molar-refractivity contribution in [3.8, 4) is 0 Å². The normalized spacial score (nSPS) is 11.2. The molecule has 0 spiro atoms. The van der Waals surface area contributed by atoms with Crippen molar-refractivity contribution >= 4 is 16.1 Å². The molecule has 1 aromatic carbocycles. The lowest BCUT2D eigenvalue weighted by molar-refractivity contribution is 0.156. The maximum atomic E-state index is 12.1. The van der Waals surface area contributed by atoms with E-state index in [2.05, 4.69) is 0 Å². The van der Waals surface area contributed by atoms with Gasteiger partial charge in [0, 0.05) is 6.54 Å². The summed E-state index contributed by atoms with van der Waals surface area (Å²) in [7, 11) is -4.27. The van der Waals surface area contributed by atoms with Crippen LogP contribution in [0.4, 0.5) is 4.79 Å². The Morgan fingerprint density at radius 3 is 2.40 bits per heavy atom. The molecular formula is C12H19N3O4S. The number of amides is 2. The third-order valence-corrected chi connectivity index (χ3v) is 3.16. The first-order chi connectivity index (χ1) is 9.33. The zero-order chi connectivity index (χ0) is 15.2. The molecule has 1 aromatic rings. The van der Waals surface area contributed by atoms with E-state index in [-0.39, 0.29) is 13.1 Å². The molecule has 0 heterocycles. The number of nitrogens with two attached hydrogens (primary N) is 1. The van der Waals surface area contributed by atoms with Crippen LogP contribution in [0.1, 0.15) is 18.9 Å². The molecule has 20 heavy (non-hydrogen) atoms. The van der Waals surface area contributed by atoms with Gasteiger partial charge in [-0.25, -0.2) is 10.6 Å². The molecular weight excluding hydrogens is 282 g/mol. The molecule has 0 saturated carbocycles. The minimum atomic E-state index is -4.27. The second-order valence-corrected chi connectivity index (χ2v) is 5.79. The fourth-order valence-corrected chi connectivity index (χ4v) is 2.35. The Balaban J connectivity index is 2.73. The number of urea groups is 1. The Hall–Kier alpha value is -1.64. The summed E-state index contributed by atoms with van der Waals surface area (Å²) in [5.74, 6) is 4.90. The van der Waals surface area contributed by atoms with Crippen LogP contribution in [0.15, 0.2) is 30.3 Å². The Morgan fingerprint density at radius 2 is 1.90 bits per heavy atom. The lowest BCUT2D eigenvalue weighted by Crippen LogP contribution is -2.48. The van der Waals surface area contributed by atoms with Crippen LogP contribution in [-0.2, 0) is 16.7 Å². The third-order valence-electron chi connectivity index (χ3n) is 2.52. The van der Waals surface area contributed by atoms with Crippen molar-refractivity contribution in [1.82, 2.24) is 9.91 Å². The van der Waals surface area contributed by atoms with E-state index in [4.69, 9.17) is 10.4 Å². The van der Waals surface area contributed by atoms with Crippen molar-refractivity contribution in [2.45, 2.75) is 19.9 Å². The Bertz CT molecular complexity index is 533. The van der Waals surface area contributed by atoms with E-state index in [1.165, 1.54) is 0 Å². The highest BCUT2D eigenvalue weighted by molar-refractivity contribution is 7.85. The fraction of sp³-hybridized carbons (Fsp3) is 0.417. The van der Waals surface area contributed by atoms with Crippen LogP contribution < -0.4 is 5.84 Å². The standard InChI is InChI=1S/C12H19N3O4S/c1-2-8-14(10-20(17,18)19)12(16)15(13)9-11-6-4-3-5-7-11/h3-7H,2,8-10,13H2,1H3,(H,17,18,19). The van der Waals surface area contributed by atoms with Gasteiger partial charge in [0.15, 0.2) is 0 Å². The first kappa shape index (κ1) is 16.4. The Kier molecular flexibility index (Phi) is 5.93. The number of nitrogens with zero attached hydrogens (tertiary/aromatic N) is 2. The van der Waals surface area contributed by atoms with Gasteiger partial charge in [-0.1, -0.05) is 37.3 Å². The lowest BCUT2D eigenvalue weighted by atomic mass is 10.2. The summed E-state index contributed by atoms with van der Waals surface area (Å²) < 4.78 is 30.7. The molecule has 7 nitrogen and oxygen atoms in total. The number of hydrogen-bond acceptors (Lipinski definition) is 4. The summed E-state index contributed by atoms with van der Waals surface area (Å²) in [4.78, 5) is 13.1. The van der Waals surface area contributed by atoms with Crippen molar-refractivity contribution in [2.75, 3.05) is 12.4 Å². The van der Waals surface area contributed by atoms with E-state index in [0.717, 1.165) is 15.5 Å². The smallest absolute Gasteiger partial charge is 0.307 e. The molecule has 2 amide bonds. The predicted molar refractivity (Wildman–Crippen MR) is 75.0 cm³/mol. The molecule has 0 unspecified atom stereocenters. The van der Waals surface area contributed by atoms with Crippen molar-refractivity contribution in [2.24, 2.45) is 5.84 Å². The van der Waals surface area contributed by atoms with E-state index >= 15 is 0 Å². The van der Waals surface area contributed by atoms with Crippen molar-refractivity contribution < 1.29 is 17.8 Å². The van der Waals surface area contributed by atoms with Crippen LogP contribution in [0.3, 0.4) is 0 Å². The van der Waals surface area contributed by atoms with E-state index in [1.54, 1.807) is 19.1 Å². The minimum Gasteiger partial charge on any atom is -0.307 e. The zero-order valence-electron chi connectivity index (χ0n) is 11.3. The summed E-state index contributed by atoms with van der Waals surface area (Å²) in [6.45, 7) is 2.15. The first-order valence-corrected chi connectivity index (χ1v) is 7.74. The van der Waals surface area contributed by atoms with Gasteiger partial charge in [0.05, 0.1) is 6.54 Å². The molecule has 0 bridgehead atoms. The van der Waals surface area contributed by atoms with Gasteiger partial charge in [-0.2, -0.15) is 8.42 Å². The highest BCUT2D eigenvalue weighted by atomic mass is 32.2. The van der Waals surface area contributed by atoms with Crippen LogP contribution >= 0.6 is 0 Å². The molecule has 0 fully saturated rings. The van der Waals surface area contributed by atoms with Crippen molar-refractivity contribution in [3.63, 3.8) is 0 Å².